The van der Waals surface area contributed by atoms with Gasteiger partial charge in [-0.2, -0.15) is 0 Å². The predicted molar refractivity (Wildman–Crippen MR) is 117 cm³/mol. The molecule has 4 rings (SSSR count). The molecule has 1 saturated heterocycles. The Hall–Kier alpha value is -2.90. The summed E-state index contributed by atoms with van der Waals surface area (Å²) in [4.78, 5) is 22.8. The Morgan fingerprint density at radius 1 is 1.10 bits per heavy atom. The monoisotopic (exact) mass is 407 g/mol. The molecule has 1 aromatic heterocycles. The van der Waals surface area contributed by atoms with E-state index in [1.165, 1.54) is 0 Å². The van der Waals surface area contributed by atoms with Crippen molar-refractivity contribution in [2.24, 2.45) is 0 Å². The van der Waals surface area contributed by atoms with Crippen molar-refractivity contribution in [2.75, 3.05) is 39.4 Å². The summed E-state index contributed by atoms with van der Waals surface area (Å²) in [6, 6.07) is 17.9. The highest BCUT2D eigenvalue weighted by Crippen LogP contribution is 2.15. The molecule has 2 amide bonds. The van der Waals surface area contributed by atoms with Gasteiger partial charge in [-0.1, -0.05) is 42.5 Å². The normalized spacial score (nSPS) is 15.7. The van der Waals surface area contributed by atoms with Gasteiger partial charge in [0.05, 0.1) is 30.3 Å². The molecule has 3 N–H and O–H groups in total. The molecule has 1 fully saturated rings. The van der Waals surface area contributed by atoms with Crippen molar-refractivity contribution in [1.82, 2.24) is 25.5 Å². The fourth-order valence-corrected chi connectivity index (χ4v) is 3.75. The van der Waals surface area contributed by atoms with Crippen LogP contribution < -0.4 is 10.6 Å². The summed E-state index contributed by atoms with van der Waals surface area (Å²) in [6.07, 6.45) is 1.62. The molecule has 3 aromatic rings. The quantitative estimate of drug-likeness (QED) is 0.502. The first-order chi connectivity index (χ1) is 14.8. The van der Waals surface area contributed by atoms with Gasteiger partial charge in [-0.15, -0.1) is 0 Å². The number of fused-ring (bicyclic) bond motifs is 1. The van der Waals surface area contributed by atoms with E-state index in [9.17, 15) is 4.79 Å². The number of H-pyrrole nitrogens is 1. The average Bonchev–Trinajstić information content (AvgIpc) is 3.20. The van der Waals surface area contributed by atoms with Gasteiger partial charge in [-0.05, 0) is 24.1 Å². The molecule has 1 aliphatic heterocycles. The third-order valence-electron chi connectivity index (χ3n) is 5.37. The molecule has 0 radical (unpaired) electrons. The van der Waals surface area contributed by atoms with Crippen molar-refractivity contribution in [2.45, 2.75) is 18.9 Å². The Labute approximate surface area is 176 Å². The van der Waals surface area contributed by atoms with Crippen LogP contribution in [0.1, 0.15) is 23.9 Å². The van der Waals surface area contributed by atoms with Crippen molar-refractivity contribution in [3.05, 3.63) is 66.0 Å². The van der Waals surface area contributed by atoms with Crippen molar-refractivity contribution < 1.29 is 9.53 Å². The lowest BCUT2D eigenvalue weighted by Gasteiger charge is -2.31. The zero-order valence-electron chi connectivity index (χ0n) is 17.1. The SMILES string of the molecule is O=C(NCCCc1nc2ccccc2[nH]1)N[C@H](CN1CCOCC1)c1ccccc1. The van der Waals surface area contributed by atoms with E-state index in [1.807, 2.05) is 42.5 Å². The van der Waals surface area contributed by atoms with Gasteiger partial charge in [0.2, 0.25) is 0 Å². The number of aromatic amines is 1. The maximum atomic E-state index is 12.5. The molecule has 0 spiro atoms. The van der Waals surface area contributed by atoms with Gasteiger partial charge in [0.25, 0.3) is 0 Å². The summed E-state index contributed by atoms with van der Waals surface area (Å²) in [5, 5.41) is 6.13. The molecule has 0 saturated carbocycles. The second-order valence-electron chi connectivity index (χ2n) is 7.58. The Morgan fingerprint density at radius 3 is 2.67 bits per heavy atom. The first-order valence-corrected chi connectivity index (χ1v) is 10.6. The number of para-hydroxylation sites is 2. The number of rotatable bonds is 8. The number of amides is 2. The van der Waals surface area contributed by atoms with Gasteiger partial charge in [0.15, 0.2) is 0 Å². The molecule has 1 atom stereocenters. The van der Waals surface area contributed by atoms with Crippen molar-refractivity contribution >= 4 is 17.1 Å². The fourth-order valence-electron chi connectivity index (χ4n) is 3.75. The molecular weight excluding hydrogens is 378 g/mol. The number of imidazole rings is 1. The van der Waals surface area contributed by atoms with Crippen molar-refractivity contribution in [1.29, 1.82) is 0 Å². The summed E-state index contributed by atoms with van der Waals surface area (Å²) in [5.41, 5.74) is 3.14. The highest BCUT2D eigenvalue weighted by molar-refractivity contribution is 5.75. The van der Waals surface area contributed by atoms with Crippen LogP contribution in [-0.2, 0) is 11.2 Å². The van der Waals surface area contributed by atoms with Crippen LogP contribution in [0.5, 0.6) is 0 Å². The Bertz CT molecular complexity index is 904. The number of aromatic nitrogens is 2. The molecule has 0 unspecified atom stereocenters. The minimum atomic E-state index is -0.137. The van der Waals surface area contributed by atoms with E-state index < -0.39 is 0 Å². The number of nitrogens with zero attached hydrogens (tertiary/aromatic N) is 2. The lowest BCUT2D eigenvalue weighted by Crippen LogP contribution is -2.45. The van der Waals surface area contributed by atoms with Crippen LogP contribution in [0.15, 0.2) is 54.6 Å². The second-order valence-corrected chi connectivity index (χ2v) is 7.58. The molecule has 158 valence electrons. The molecule has 0 bridgehead atoms. The third kappa shape index (κ3) is 5.58. The highest BCUT2D eigenvalue weighted by Gasteiger charge is 2.20. The maximum Gasteiger partial charge on any atom is 0.315 e. The average molecular weight is 408 g/mol. The summed E-state index contributed by atoms with van der Waals surface area (Å²) < 4.78 is 5.44. The predicted octanol–water partition coefficient (Wildman–Crippen LogP) is 2.87. The van der Waals surface area contributed by atoms with Crippen LogP contribution in [0.3, 0.4) is 0 Å². The van der Waals surface area contributed by atoms with E-state index in [0.29, 0.717) is 6.54 Å². The fraction of sp³-hybridized carbons (Fsp3) is 0.391. The Morgan fingerprint density at radius 2 is 1.87 bits per heavy atom. The smallest absolute Gasteiger partial charge is 0.315 e. The number of aryl methyl sites for hydroxylation is 1. The summed E-state index contributed by atoms with van der Waals surface area (Å²) in [7, 11) is 0. The third-order valence-corrected chi connectivity index (χ3v) is 5.37. The first-order valence-electron chi connectivity index (χ1n) is 10.6. The van der Waals surface area contributed by atoms with Crippen LogP contribution >= 0.6 is 0 Å². The van der Waals surface area contributed by atoms with E-state index in [0.717, 1.165) is 68.1 Å². The number of nitrogens with one attached hydrogen (secondary N) is 3. The van der Waals surface area contributed by atoms with Crippen LogP contribution in [0.4, 0.5) is 4.79 Å². The summed E-state index contributed by atoms with van der Waals surface area (Å²) >= 11 is 0. The van der Waals surface area contributed by atoms with Crippen LogP contribution in [-0.4, -0.2) is 60.3 Å². The Balaban J connectivity index is 1.26. The van der Waals surface area contributed by atoms with E-state index in [-0.39, 0.29) is 12.1 Å². The molecule has 2 heterocycles. The van der Waals surface area contributed by atoms with Crippen LogP contribution in [0.25, 0.3) is 11.0 Å². The highest BCUT2D eigenvalue weighted by atomic mass is 16.5. The topological polar surface area (TPSA) is 82.3 Å². The van der Waals surface area contributed by atoms with E-state index >= 15 is 0 Å². The minimum absolute atomic E-state index is 0.0559. The zero-order valence-corrected chi connectivity index (χ0v) is 17.1. The van der Waals surface area contributed by atoms with E-state index in [1.54, 1.807) is 0 Å². The lowest BCUT2D eigenvalue weighted by atomic mass is 10.1. The van der Waals surface area contributed by atoms with Crippen LogP contribution in [0, 0.1) is 0 Å². The molecular formula is C23H29N5O2. The maximum absolute atomic E-state index is 12.5. The number of urea groups is 1. The summed E-state index contributed by atoms with van der Waals surface area (Å²) in [6.45, 7) is 4.65. The lowest BCUT2D eigenvalue weighted by molar-refractivity contribution is 0.0340. The summed E-state index contributed by atoms with van der Waals surface area (Å²) in [5.74, 6) is 0.952. The van der Waals surface area contributed by atoms with Crippen molar-refractivity contribution in [3.63, 3.8) is 0 Å². The molecule has 30 heavy (non-hydrogen) atoms. The van der Waals surface area contributed by atoms with E-state index in [2.05, 4.69) is 37.6 Å². The number of carbonyl (C=O) groups is 1. The van der Waals surface area contributed by atoms with Crippen LogP contribution in [0.2, 0.25) is 0 Å². The number of benzene rings is 2. The van der Waals surface area contributed by atoms with E-state index in [4.69, 9.17) is 4.74 Å². The van der Waals surface area contributed by atoms with Gasteiger partial charge < -0.3 is 20.4 Å². The zero-order chi connectivity index (χ0) is 20.6. The number of hydrogen-bond acceptors (Lipinski definition) is 4. The van der Waals surface area contributed by atoms with Gasteiger partial charge in [0.1, 0.15) is 5.82 Å². The number of carbonyl (C=O) groups excluding carboxylic acids is 1. The molecule has 7 nitrogen and oxygen atoms in total. The molecule has 1 aliphatic rings. The number of hydrogen-bond donors (Lipinski definition) is 3. The number of morpholine rings is 1. The Kier molecular flexibility index (Phi) is 6.95. The first kappa shape index (κ1) is 20.4. The number of ether oxygens (including phenoxy) is 1. The van der Waals surface area contributed by atoms with Gasteiger partial charge in [-0.25, -0.2) is 9.78 Å². The second kappa shape index (κ2) is 10.2. The van der Waals surface area contributed by atoms with Crippen molar-refractivity contribution in [3.8, 4) is 0 Å². The minimum Gasteiger partial charge on any atom is -0.379 e. The molecule has 2 aromatic carbocycles. The van der Waals surface area contributed by atoms with Gasteiger partial charge in [-0.3, -0.25) is 4.90 Å². The van der Waals surface area contributed by atoms with Gasteiger partial charge in [0, 0.05) is 32.6 Å². The standard InChI is InChI=1S/C23H29N5O2/c29-23(24-12-6-11-22-25-19-9-4-5-10-20(19)26-22)27-21(18-7-2-1-3-8-18)17-28-13-15-30-16-14-28/h1-5,7-10,21H,6,11-17H2,(H,25,26)(H2,24,27,29)/t21-/m1/s1. The molecule has 7 heteroatoms. The van der Waals surface area contributed by atoms with Gasteiger partial charge >= 0.3 is 6.03 Å². The molecule has 0 aliphatic carbocycles. The largest absolute Gasteiger partial charge is 0.379 e.